The SMILES string of the molecule is CCCC(N)C([NH])=O. The summed E-state index contributed by atoms with van der Waals surface area (Å²) in [4.78, 5) is 10.1. The second-order valence-electron chi connectivity index (χ2n) is 1.76. The van der Waals surface area contributed by atoms with E-state index in [-0.39, 0.29) is 0 Å². The zero-order valence-corrected chi connectivity index (χ0v) is 4.98. The maximum Gasteiger partial charge on any atom is 0.255 e. The van der Waals surface area contributed by atoms with Gasteiger partial charge in [0.15, 0.2) is 0 Å². The van der Waals surface area contributed by atoms with E-state index in [9.17, 15) is 4.79 Å². The van der Waals surface area contributed by atoms with Gasteiger partial charge < -0.3 is 5.73 Å². The number of hydrogen-bond donors (Lipinski definition) is 1. The van der Waals surface area contributed by atoms with Crippen LogP contribution in [-0.4, -0.2) is 11.9 Å². The molecule has 1 atom stereocenters. The molecule has 0 aliphatic carbocycles. The van der Waals surface area contributed by atoms with Gasteiger partial charge >= 0.3 is 0 Å². The summed E-state index contributed by atoms with van der Waals surface area (Å²) in [5.41, 5.74) is 11.7. The van der Waals surface area contributed by atoms with E-state index in [1.54, 1.807) is 0 Å². The lowest BCUT2D eigenvalue weighted by Crippen LogP contribution is -2.30. The van der Waals surface area contributed by atoms with E-state index >= 15 is 0 Å². The summed E-state index contributed by atoms with van der Waals surface area (Å²) in [5, 5.41) is 0. The third-order valence-corrected chi connectivity index (χ3v) is 0.936. The average Bonchev–Trinajstić information content (AvgIpc) is 1.67. The van der Waals surface area contributed by atoms with E-state index in [0.717, 1.165) is 6.42 Å². The van der Waals surface area contributed by atoms with Crippen molar-refractivity contribution in [2.45, 2.75) is 25.8 Å². The molecule has 1 unspecified atom stereocenters. The van der Waals surface area contributed by atoms with Gasteiger partial charge in [0.1, 0.15) is 0 Å². The maximum absolute atomic E-state index is 10.1. The Labute approximate surface area is 49.0 Å². The van der Waals surface area contributed by atoms with Crippen LogP contribution in [0.15, 0.2) is 0 Å². The Morgan fingerprint density at radius 1 is 1.88 bits per heavy atom. The normalized spacial score (nSPS) is 13.2. The molecule has 0 aromatic carbocycles. The fourth-order valence-electron chi connectivity index (χ4n) is 0.442. The summed E-state index contributed by atoms with van der Waals surface area (Å²) in [5.74, 6) is -0.660. The maximum atomic E-state index is 10.1. The number of hydrogen-bond acceptors (Lipinski definition) is 2. The molecule has 0 heterocycles. The molecule has 0 aromatic heterocycles. The quantitative estimate of drug-likeness (QED) is 0.559. The smallest absolute Gasteiger partial charge is 0.255 e. The molecule has 0 saturated carbocycles. The number of carbonyl (C=O) groups is 1. The molecule has 47 valence electrons. The van der Waals surface area contributed by atoms with E-state index in [1.165, 1.54) is 0 Å². The van der Waals surface area contributed by atoms with Crippen molar-refractivity contribution in [3.63, 3.8) is 0 Å². The lowest BCUT2D eigenvalue weighted by atomic mass is 10.2. The number of amides is 1. The molecule has 0 aromatic rings. The third-order valence-electron chi connectivity index (χ3n) is 0.936. The van der Waals surface area contributed by atoms with Gasteiger partial charge in [-0.15, -0.1) is 0 Å². The molecule has 0 fully saturated rings. The van der Waals surface area contributed by atoms with Crippen LogP contribution in [0.25, 0.3) is 0 Å². The van der Waals surface area contributed by atoms with Crippen LogP contribution in [0.2, 0.25) is 0 Å². The Morgan fingerprint density at radius 3 is 2.50 bits per heavy atom. The first-order chi connectivity index (χ1) is 3.68. The fourth-order valence-corrected chi connectivity index (χ4v) is 0.442. The van der Waals surface area contributed by atoms with Gasteiger partial charge in [-0.25, -0.2) is 0 Å². The van der Waals surface area contributed by atoms with Gasteiger partial charge in [-0.2, -0.15) is 0 Å². The Bertz CT molecular complexity index is 82.5. The molecule has 3 heteroatoms. The van der Waals surface area contributed by atoms with Gasteiger partial charge in [0.25, 0.3) is 5.91 Å². The van der Waals surface area contributed by atoms with Gasteiger partial charge in [0, 0.05) is 0 Å². The van der Waals surface area contributed by atoms with Crippen LogP contribution >= 0.6 is 0 Å². The number of rotatable bonds is 3. The Hall–Kier alpha value is -0.570. The summed E-state index contributed by atoms with van der Waals surface area (Å²) in [6.07, 6.45) is 1.49. The lowest BCUT2D eigenvalue weighted by Gasteiger charge is -2.00. The highest BCUT2D eigenvalue weighted by Crippen LogP contribution is 1.90. The monoisotopic (exact) mass is 115 g/mol. The van der Waals surface area contributed by atoms with E-state index in [2.05, 4.69) is 0 Å². The molecule has 0 saturated heterocycles. The van der Waals surface area contributed by atoms with Gasteiger partial charge in [-0.05, 0) is 6.42 Å². The van der Waals surface area contributed by atoms with Crippen LogP contribution in [-0.2, 0) is 4.79 Å². The second-order valence-corrected chi connectivity index (χ2v) is 1.76. The minimum atomic E-state index is -0.660. The highest BCUT2D eigenvalue weighted by molar-refractivity contribution is 5.78. The molecule has 8 heavy (non-hydrogen) atoms. The van der Waals surface area contributed by atoms with Gasteiger partial charge in [-0.1, -0.05) is 13.3 Å². The molecule has 0 spiro atoms. The molecule has 0 rings (SSSR count). The topological polar surface area (TPSA) is 66.9 Å². The van der Waals surface area contributed by atoms with Gasteiger partial charge in [0.2, 0.25) is 0 Å². The summed E-state index contributed by atoms with van der Waals surface area (Å²) in [6.45, 7) is 1.93. The van der Waals surface area contributed by atoms with Crippen LogP contribution in [0.4, 0.5) is 0 Å². The molecule has 1 radical (unpaired) electrons. The van der Waals surface area contributed by atoms with Crippen LogP contribution in [0.3, 0.4) is 0 Å². The van der Waals surface area contributed by atoms with Crippen LogP contribution in [0.1, 0.15) is 19.8 Å². The van der Waals surface area contributed by atoms with E-state index in [4.69, 9.17) is 11.5 Å². The first-order valence-corrected chi connectivity index (χ1v) is 2.69. The van der Waals surface area contributed by atoms with Crippen molar-refractivity contribution in [3.05, 3.63) is 0 Å². The molecule has 3 nitrogen and oxygen atoms in total. The Morgan fingerprint density at radius 2 is 2.38 bits per heavy atom. The largest absolute Gasteiger partial charge is 0.320 e. The first-order valence-electron chi connectivity index (χ1n) is 2.69. The molecule has 3 N–H and O–H groups in total. The van der Waals surface area contributed by atoms with Crippen molar-refractivity contribution in [1.29, 1.82) is 0 Å². The van der Waals surface area contributed by atoms with Crippen LogP contribution < -0.4 is 11.5 Å². The van der Waals surface area contributed by atoms with Crippen molar-refractivity contribution in [2.75, 3.05) is 0 Å². The average molecular weight is 115 g/mol. The highest BCUT2D eigenvalue weighted by Gasteiger charge is 2.06. The second kappa shape index (κ2) is 3.43. The lowest BCUT2D eigenvalue weighted by molar-refractivity contribution is -0.120. The summed E-state index contributed by atoms with van der Waals surface area (Å²) in [6, 6.07) is -0.556. The number of carbonyl (C=O) groups excluding carboxylic acids is 1. The van der Waals surface area contributed by atoms with Crippen molar-refractivity contribution in [2.24, 2.45) is 5.73 Å². The summed E-state index contributed by atoms with van der Waals surface area (Å²) in [7, 11) is 0. The van der Waals surface area contributed by atoms with Crippen molar-refractivity contribution in [3.8, 4) is 0 Å². The third kappa shape index (κ3) is 2.58. The van der Waals surface area contributed by atoms with Crippen LogP contribution in [0, 0.1) is 0 Å². The predicted molar refractivity (Wildman–Crippen MR) is 31.0 cm³/mol. The number of nitrogens with one attached hydrogen (secondary N) is 1. The molecular formula is C5H11N2O. The molecular weight excluding hydrogens is 104 g/mol. The zero-order valence-electron chi connectivity index (χ0n) is 4.98. The van der Waals surface area contributed by atoms with Crippen molar-refractivity contribution < 1.29 is 4.79 Å². The molecule has 1 amide bonds. The van der Waals surface area contributed by atoms with Gasteiger partial charge in [0.05, 0.1) is 6.04 Å². The van der Waals surface area contributed by atoms with E-state index < -0.39 is 11.9 Å². The predicted octanol–water partition coefficient (Wildman–Crippen LogP) is -0.0767. The first kappa shape index (κ1) is 7.43. The summed E-state index contributed by atoms with van der Waals surface area (Å²) < 4.78 is 0. The molecule has 0 aliphatic rings. The highest BCUT2D eigenvalue weighted by atomic mass is 16.1. The molecule has 0 aliphatic heterocycles. The van der Waals surface area contributed by atoms with Crippen molar-refractivity contribution in [1.82, 2.24) is 5.73 Å². The Kier molecular flexibility index (Phi) is 3.19. The Balaban J connectivity index is 3.32. The minimum Gasteiger partial charge on any atom is -0.320 e. The fraction of sp³-hybridized carbons (Fsp3) is 0.800. The van der Waals surface area contributed by atoms with Crippen molar-refractivity contribution >= 4 is 5.91 Å². The standard InChI is InChI=1S/C5H11N2O/c1-2-3-4(6)5(7)8/h4,7H,2-3,6H2,1H3. The van der Waals surface area contributed by atoms with Crippen LogP contribution in [0.5, 0.6) is 0 Å². The summed E-state index contributed by atoms with van der Waals surface area (Å²) >= 11 is 0. The van der Waals surface area contributed by atoms with E-state index in [0.29, 0.717) is 6.42 Å². The minimum absolute atomic E-state index is 0.556. The number of nitrogens with two attached hydrogens (primary N) is 1. The van der Waals surface area contributed by atoms with Gasteiger partial charge in [-0.3, -0.25) is 10.5 Å². The van der Waals surface area contributed by atoms with E-state index in [1.807, 2.05) is 6.92 Å². The zero-order chi connectivity index (χ0) is 6.57. The molecule has 0 bridgehead atoms.